The molecule has 3 heteroatoms. The van der Waals surface area contributed by atoms with E-state index >= 15 is 0 Å². The molecule has 0 amide bonds. The predicted molar refractivity (Wildman–Crippen MR) is 232 cm³/mol. The first-order chi connectivity index (χ1) is 27.2. The topological polar surface area (TPSA) is 51.5 Å². The summed E-state index contributed by atoms with van der Waals surface area (Å²) in [4.78, 5) is 5.08. The molecule has 10 rings (SSSR count). The van der Waals surface area contributed by atoms with E-state index in [0.29, 0.717) is 12.3 Å². The minimum Gasteiger partial charge on any atom is -0.456 e. The molecule has 0 saturated heterocycles. The largest absolute Gasteiger partial charge is 0.456 e. The molecule has 0 atom stereocenters. The van der Waals surface area contributed by atoms with Crippen molar-refractivity contribution in [2.45, 2.75) is 6.42 Å². The van der Waals surface area contributed by atoms with E-state index in [1.165, 1.54) is 54.6 Å². The molecule has 0 spiro atoms. The van der Waals surface area contributed by atoms with E-state index in [1.54, 1.807) is 0 Å². The zero-order chi connectivity index (χ0) is 36.7. The van der Waals surface area contributed by atoms with E-state index in [-0.39, 0.29) is 0 Å². The van der Waals surface area contributed by atoms with Crippen molar-refractivity contribution < 1.29 is 4.42 Å². The molecule has 0 aliphatic carbocycles. The van der Waals surface area contributed by atoms with E-state index in [0.717, 1.165) is 44.3 Å². The monoisotopic (exact) mass is 704 g/mol. The predicted octanol–water partition coefficient (Wildman–Crippen LogP) is 13.4. The van der Waals surface area contributed by atoms with Crippen LogP contribution in [0.4, 0.5) is 0 Å². The number of fused-ring (bicyclic) bond motifs is 7. The van der Waals surface area contributed by atoms with E-state index in [9.17, 15) is 0 Å². The molecule has 1 heterocycles. The first kappa shape index (κ1) is 32.4. The van der Waals surface area contributed by atoms with E-state index < -0.39 is 0 Å². The number of furan rings is 1. The molecule has 0 radical (unpaired) electrons. The lowest BCUT2D eigenvalue weighted by Crippen LogP contribution is -2.13. The summed E-state index contributed by atoms with van der Waals surface area (Å²) in [5.41, 5.74) is 17.2. The van der Waals surface area contributed by atoms with Gasteiger partial charge in [-0.2, -0.15) is 0 Å². The summed E-state index contributed by atoms with van der Waals surface area (Å²) in [7, 11) is 0. The highest BCUT2D eigenvalue weighted by molar-refractivity contribution is 6.28. The van der Waals surface area contributed by atoms with Crippen LogP contribution in [-0.4, -0.2) is 5.84 Å². The van der Waals surface area contributed by atoms with Crippen LogP contribution in [0.1, 0.15) is 16.7 Å². The number of nitrogens with zero attached hydrogens (tertiary/aromatic N) is 1. The lowest BCUT2D eigenvalue weighted by Gasteiger charge is -2.19. The van der Waals surface area contributed by atoms with Crippen molar-refractivity contribution in [2.24, 2.45) is 10.7 Å². The molecular formula is C52H36N2O. The lowest BCUT2D eigenvalue weighted by atomic mass is 9.84. The van der Waals surface area contributed by atoms with Crippen LogP contribution in [0, 0.1) is 0 Å². The van der Waals surface area contributed by atoms with Gasteiger partial charge in [0.2, 0.25) is 0 Å². The van der Waals surface area contributed by atoms with Crippen LogP contribution in [0.2, 0.25) is 0 Å². The van der Waals surface area contributed by atoms with Gasteiger partial charge in [0.15, 0.2) is 0 Å². The zero-order valence-corrected chi connectivity index (χ0v) is 30.1. The lowest BCUT2D eigenvalue weighted by molar-refractivity contribution is 0.669. The van der Waals surface area contributed by atoms with Crippen LogP contribution < -0.4 is 5.73 Å². The molecule has 0 saturated carbocycles. The molecule has 0 unspecified atom stereocenters. The maximum atomic E-state index is 6.71. The van der Waals surface area contributed by atoms with Crippen molar-refractivity contribution >= 4 is 65.8 Å². The second-order valence-corrected chi connectivity index (χ2v) is 14.0. The number of para-hydroxylation sites is 1. The number of nitrogens with two attached hydrogens (primary N) is 1. The van der Waals surface area contributed by atoms with E-state index in [2.05, 4.69) is 146 Å². The van der Waals surface area contributed by atoms with Gasteiger partial charge in [0.25, 0.3) is 0 Å². The van der Waals surface area contributed by atoms with Crippen molar-refractivity contribution in [1.82, 2.24) is 0 Å². The first-order valence-electron chi connectivity index (χ1n) is 18.7. The number of hydrogen-bond donors (Lipinski definition) is 1. The molecule has 0 fully saturated rings. The molecule has 260 valence electrons. The quantitative estimate of drug-likeness (QED) is 0.0777. The van der Waals surface area contributed by atoms with Crippen molar-refractivity contribution in [2.75, 3.05) is 0 Å². The molecule has 10 aromatic rings. The summed E-state index contributed by atoms with van der Waals surface area (Å²) in [6, 6.07) is 66.2. The average Bonchev–Trinajstić information content (AvgIpc) is 3.64. The highest BCUT2D eigenvalue weighted by atomic mass is 16.3. The van der Waals surface area contributed by atoms with Crippen LogP contribution in [0.15, 0.2) is 204 Å². The molecular weight excluding hydrogens is 669 g/mol. The Morgan fingerprint density at radius 1 is 0.455 bits per heavy atom. The Hall–Kier alpha value is -7.23. The van der Waals surface area contributed by atoms with Crippen LogP contribution >= 0.6 is 0 Å². The average molecular weight is 705 g/mol. The van der Waals surface area contributed by atoms with Gasteiger partial charge in [-0.15, -0.1) is 0 Å². The third-order valence-electron chi connectivity index (χ3n) is 10.8. The molecule has 0 aliphatic rings. The highest BCUT2D eigenvalue weighted by Crippen LogP contribution is 2.46. The van der Waals surface area contributed by atoms with Gasteiger partial charge in [-0.3, -0.25) is 0 Å². The zero-order valence-electron chi connectivity index (χ0n) is 30.1. The molecule has 1 aromatic heterocycles. The van der Waals surface area contributed by atoms with Crippen LogP contribution in [0.3, 0.4) is 0 Å². The standard InChI is InChI=1S/C52H36N2O/c53-52(39-17-5-2-6-18-39)54-45(33-31-37-19-13-25-47-49(37)43-23-11-12-24-46(43)55-47)35-26-28-38(29-27-35)50-42-22-10-9-21-41(42)48(36-15-3-1-4-16-36)44-32-30-34-14-7-8-20-40(34)51(44)50/h1-30,32-33H,31H2,(H2,53,54)/b45-33-. The SMILES string of the molecule is NC(=N/C(=C\Cc1cccc2oc3ccccc3c12)c1ccc(-c2c3ccccc3c(-c3ccccc3)c3ccc4ccccc4c23)cc1)c1ccccc1. The minimum absolute atomic E-state index is 0.475. The maximum Gasteiger partial charge on any atom is 0.135 e. The number of hydrogen-bond acceptors (Lipinski definition) is 2. The summed E-state index contributed by atoms with van der Waals surface area (Å²) >= 11 is 0. The second-order valence-electron chi connectivity index (χ2n) is 14.0. The van der Waals surface area contributed by atoms with Crippen molar-refractivity contribution in [1.29, 1.82) is 0 Å². The van der Waals surface area contributed by atoms with Gasteiger partial charge in [0.1, 0.15) is 17.0 Å². The third-order valence-corrected chi connectivity index (χ3v) is 10.8. The smallest absolute Gasteiger partial charge is 0.135 e. The Kier molecular flexibility index (Phi) is 8.04. The van der Waals surface area contributed by atoms with Gasteiger partial charge < -0.3 is 10.2 Å². The van der Waals surface area contributed by atoms with Gasteiger partial charge in [-0.05, 0) is 84.3 Å². The molecule has 3 nitrogen and oxygen atoms in total. The van der Waals surface area contributed by atoms with E-state index in [4.69, 9.17) is 15.1 Å². The third kappa shape index (κ3) is 5.74. The maximum absolute atomic E-state index is 6.71. The van der Waals surface area contributed by atoms with Gasteiger partial charge in [0.05, 0.1) is 5.70 Å². The van der Waals surface area contributed by atoms with Crippen molar-refractivity contribution in [3.05, 3.63) is 211 Å². The van der Waals surface area contributed by atoms with E-state index in [1.807, 2.05) is 48.5 Å². The Balaban J connectivity index is 1.15. The molecule has 0 aliphatic heterocycles. The van der Waals surface area contributed by atoms with Crippen LogP contribution in [0.5, 0.6) is 0 Å². The summed E-state index contributed by atoms with van der Waals surface area (Å²) in [6.07, 6.45) is 2.85. The Morgan fingerprint density at radius 2 is 1.07 bits per heavy atom. The van der Waals surface area contributed by atoms with Crippen LogP contribution in [-0.2, 0) is 6.42 Å². The molecule has 55 heavy (non-hydrogen) atoms. The molecule has 2 N–H and O–H groups in total. The number of rotatable bonds is 7. The van der Waals surface area contributed by atoms with Crippen molar-refractivity contribution in [3.63, 3.8) is 0 Å². The van der Waals surface area contributed by atoms with Gasteiger partial charge >= 0.3 is 0 Å². The fraction of sp³-hybridized carbons (Fsp3) is 0.0192. The van der Waals surface area contributed by atoms with Gasteiger partial charge in [-0.25, -0.2) is 4.99 Å². The minimum atomic E-state index is 0.475. The fourth-order valence-electron chi connectivity index (χ4n) is 8.23. The van der Waals surface area contributed by atoms with Gasteiger partial charge in [-0.1, -0.05) is 182 Å². The summed E-state index contributed by atoms with van der Waals surface area (Å²) in [6.45, 7) is 0. The fourth-order valence-corrected chi connectivity index (χ4v) is 8.23. The number of amidine groups is 1. The number of aliphatic imine (C=N–C) groups is 1. The number of allylic oxidation sites excluding steroid dienone is 1. The molecule has 0 bridgehead atoms. The normalized spacial score (nSPS) is 12.4. The Labute approximate surface area is 319 Å². The molecule has 9 aromatic carbocycles. The summed E-state index contributed by atoms with van der Waals surface area (Å²) in [5, 5.41) is 9.66. The Morgan fingerprint density at radius 3 is 1.85 bits per heavy atom. The highest BCUT2D eigenvalue weighted by Gasteiger charge is 2.19. The summed E-state index contributed by atoms with van der Waals surface area (Å²) in [5.74, 6) is 0.475. The second kappa shape index (κ2) is 13.6. The van der Waals surface area contributed by atoms with Gasteiger partial charge in [0, 0.05) is 16.3 Å². The summed E-state index contributed by atoms with van der Waals surface area (Å²) < 4.78 is 6.21. The Bertz CT molecular complexity index is 3100. The number of benzene rings is 9. The van der Waals surface area contributed by atoms with Crippen molar-refractivity contribution in [3.8, 4) is 22.3 Å². The first-order valence-corrected chi connectivity index (χ1v) is 18.7. The van der Waals surface area contributed by atoms with Crippen LogP contribution in [0.25, 0.3) is 82.2 Å².